The molecule has 1 aliphatic rings. The first-order chi connectivity index (χ1) is 10.5. The van der Waals surface area contributed by atoms with Crippen LogP contribution in [0.5, 0.6) is 0 Å². The Hall–Kier alpha value is -1.81. The molecule has 0 aliphatic carbocycles. The summed E-state index contributed by atoms with van der Waals surface area (Å²) in [5, 5.41) is 0. The van der Waals surface area contributed by atoms with Crippen molar-refractivity contribution < 1.29 is 14.2 Å². The molecule has 9 heteroatoms. The molecule has 2 aromatic rings. The lowest BCUT2D eigenvalue weighted by Crippen LogP contribution is -2.40. The summed E-state index contributed by atoms with van der Waals surface area (Å²) in [4.78, 5) is 12.4. The van der Waals surface area contributed by atoms with E-state index in [-0.39, 0.29) is 6.10 Å². The lowest BCUT2D eigenvalue weighted by molar-refractivity contribution is -0.160. The molecule has 120 valence electrons. The van der Waals surface area contributed by atoms with Crippen LogP contribution in [0.15, 0.2) is 12.7 Å². The van der Waals surface area contributed by atoms with E-state index in [1.54, 1.807) is 18.0 Å². The molecule has 0 aromatic carbocycles. The van der Waals surface area contributed by atoms with E-state index in [9.17, 15) is 0 Å². The minimum absolute atomic E-state index is 0.306. The highest BCUT2D eigenvalue weighted by Crippen LogP contribution is 2.38. The van der Waals surface area contributed by atoms with Crippen molar-refractivity contribution in [2.45, 2.75) is 38.1 Å². The van der Waals surface area contributed by atoms with Crippen LogP contribution in [0.25, 0.3) is 11.2 Å². The fraction of sp³-hybridized carbons (Fsp3) is 0.615. The second kappa shape index (κ2) is 5.43. The topological polar surface area (TPSA) is 123 Å². The van der Waals surface area contributed by atoms with Crippen LogP contribution in [0.4, 0.5) is 5.82 Å². The van der Waals surface area contributed by atoms with Crippen molar-refractivity contribution in [2.24, 2.45) is 5.73 Å². The molecule has 2 aromatic heterocycles. The van der Waals surface area contributed by atoms with Gasteiger partial charge in [-0.1, -0.05) is 0 Å². The number of anilines is 1. The normalized spacial score (nSPS) is 25.6. The van der Waals surface area contributed by atoms with E-state index >= 15 is 0 Å². The standard InChI is InChI=1S/C13H20N6O3/c1-13(2)21-9(7(4-14)20-3)12(22-13)19-6-18-8-10(15)16-5-17-11(8)19/h5-7,9,12H,4,14H2,1-3H3,(H2,15,16,17)/t7?,9-,12-/m1/s1. The molecule has 9 nitrogen and oxygen atoms in total. The molecule has 3 rings (SSSR count). The highest BCUT2D eigenvalue weighted by molar-refractivity contribution is 5.81. The van der Waals surface area contributed by atoms with Crippen molar-refractivity contribution >= 4 is 17.0 Å². The molecule has 0 bridgehead atoms. The highest BCUT2D eigenvalue weighted by atomic mass is 16.8. The molecule has 22 heavy (non-hydrogen) atoms. The van der Waals surface area contributed by atoms with Gasteiger partial charge in [-0.15, -0.1) is 0 Å². The number of aromatic nitrogens is 4. The van der Waals surface area contributed by atoms with Crippen LogP contribution in [0.3, 0.4) is 0 Å². The van der Waals surface area contributed by atoms with Crippen LogP contribution in [0.1, 0.15) is 20.1 Å². The van der Waals surface area contributed by atoms with E-state index in [4.69, 9.17) is 25.7 Å². The van der Waals surface area contributed by atoms with Gasteiger partial charge in [0.1, 0.15) is 24.1 Å². The Balaban J connectivity index is 2.05. The van der Waals surface area contributed by atoms with E-state index in [0.717, 1.165) is 0 Å². The van der Waals surface area contributed by atoms with Gasteiger partial charge in [0, 0.05) is 13.7 Å². The third-order valence-corrected chi connectivity index (χ3v) is 3.67. The average molecular weight is 308 g/mol. The molecule has 3 atom stereocenters. The van der Waals surface area contributed by atoms with Crippen LogP contribution >= 0.6 is 0 Å². The van der Waals surface area contributed by atoms with Crippen LogP contribution in [0, 0.1) is 0 Å². The number of fused-ring (bicyclic) bond motifs is 1. The maximum absolute atomic E-state index is 6.00. The minimum Gasteiger partial charge on any atom is -0.382 e. The van der Waals surface area contributed by atoms with E-state index in [0.29, 0.717) is 23.5 Å². The van der Waals surface area contributed by atoms with Gasteiger partial charge in [-0.3, -0.25) is 4.57 Å². The van der Waals surface area contributed by atoms with E-state index in [1.165, 1.54) is 6.33 Å². The first-order valence-electron chi connectivity index (χ1n) is 6.98. The van der Waals surface area contributed by atoms with Crippen molar-refractivity contribution in [1.29, 1.82) is 0 Å². The van der Waals surface area contributed by atoms with Gasteiger partial charge in [0.15, 0.2) is 23.5 Å². The predicted octanol–water partition coefficient (Wildman–Crippen LogP) is 0.0323. The molecule has 3 heterocycles. The van der Waals surface area contributed by atoms with Crippen LogP contribution in [-0.2, 0) is 14.2 Å². The van der Waals surface area contributed by atoms with Gasteiger partial charge in [0.25, 0.3) is 0 Å². The molecule has 4 N–H and O–H groups in total. The molecule has 0 amide bonds. The number of nitrogen functional groups attached to an aromatic ring is 1. The summed E-state index contributed by atoms with van der Waals surface area (Å²) < 4.78 is 19.2. The quantitative estimate of drug-likeness (QED) is 0.811. The summed E-state index contributed by atoms with van der Waals surface area (Å²) in [6.07, 6.45) is 1.83. The van der Waals surface area contributed by atoms with Gasteiger partial charge in [-0.2, -0.15) is 0 Å². The summed E-state index contributed by atoms with van der Waals surface area (Å²) in [5.74, 6) is -0.447. The molecule has 0 radical (unpaired) electrons. The monoisotopic (exact) mass is 308 g/mol. The Morgan fingerprint density at radius 2 is 2.14 bits per heavy atom. The van der Waals surface area contributed by atoms with Crippen molar-refractivity contribution in [3.63, 3.8) is 0 Å². The molecular formula is C13H20N6O3. The van der Waals surface area contributed by atoms with Gasteiger partial charge >= 0.3 is 0 Å². The van der Waals surface area contributed by atoms with Crippen LogP contribution in [-0.4, -0.2) is 51.2 Å². The summed E-state index contributed by atoms with van der Waals surface area (Å²) in [7, 11) is 1.59. The Bertz CT molecular complexity index is 669. The zero-order chi connectivity index (χ0) is 15.9. The first kappa shape index (κ1) is 15.1. The van der Waals surface area contributed by atoms with Gasteiger partial charge in [0.2, 0.25) is 0 Å². The molecule has 1 fully saturated rings. The summed E-state index contributed by atoms with van der Waals surface area (Å²) in [5.41, 5.74) is 12.7. The first-order valence-corrected chi connectivity index (χ1v) is 6.98. The van der Waals surface area contributed by atoms with Gasteiger partial charge < -0.3 is 25.7 Å². The number of nitrogens with zero attached hydrogens (tertiary/aromatic N) is 4. The maximum atomic E-state index is 6.00. The number of ether oxygens (including phenoxy) is 3. The number of nitrogens with two attached hydrogens (primary N) is 2. The van der Waals surface area contributed by atoms with E-state index < -0.39 is 18.1 Å². The average Bonchev–Trinajstić information content (AvgIpc) is 3.02. The Morgan fingerprint density at radius 1 is 1.36 bits per heavy atom. The smallest absolute Gasteiger partial charge is 0.169 e. The Kier molecular flexibility index (Phi) is 3.73. The van der Waals surface area contributed by atoms with E-state index in [1.807, 2.05) is 13.8 Å². The molecule has 1 saturated heterocycles. The highest BCUT2D eigenvalue weighted by Gasteiger charge is 2.46. The third kappa shape index (κ3) is 2.41. The molecule has 1 aliphatic heterocycles. The lowest BCUT2D eigenvalue weighted by atomic mass is 10.1. The summed E-state index contributed by atoms with van der Waals surface area (Å²) in [6.45, 7) is 3.98. The van der Waals surface area contributed by atoms with Gasteiger partial charge in [-0.25, -0.2) is 15.0 Å². The Morgan fingerprint density at radius 3 is 2.82 bits per heavy atom. The molecule has 1 unspecified atom stereocenters. The molecule has 0 saturated carbocycles. The van der Waals surface area contributed by atoms with E-state index in [2.05, 4.69) is 15.0 Å². The van der Waals surface area contributed by atoms with Crippen LogP contribution < -0.4 is 11.5 Å². The SMILES string of the molecule is COC(CN)[C@H]1OC(C)(C)O[C@H]1n1cnc2c(N)ncnc21. The fourth-order valence-corrected chi connectivity index (χ4v) is 2.67. The van der Waals surface area contributed by atoms with Crippen molar-refractivity contribution in [2.75, 3.05) is 19.4 Å². The van der Waals surface area contributed by atoms with Gasteiger partial charge in [0.05, 0.1) is 6.33 Å². The summed E-state index contributed by atoms with van der Waals surface area (Å²) in [6, 6.07) is 0. The second-order valence-electron chi connectivity index (χ2n) is 5.58. The lowest BCUT2D eigenvalue weighted by Gasteiger charge is -2.24. The predicted molar refractivity (Wildman–Crippen MR) is 78.7 cm³/mol. The Labute approximate surface area is 127 Å². The van der Waals surface area contributed by atoms with Crippen LogP contribution in [0.2, 0.25) is 0 Å². The van der Waals surface area contributed by atoms with Gasteiger partial charge in [-0.05, 0) is 13.8 Å². The third-order valence-electron chi connectivity index (χ3n) is 3.67. The summed E-state index contributed by atoms with van der Waals surface area (Å²) >= 11 is 0. The fourth-order valence-electron chi connectivity index (χ4n) is 2.67. The van der Waals surface area contributed by atoms with Crippen molar-refractivity contribution in [1.82, 2.24) is 19.5 Å². The molecular weight excluding hydrogens is 288 g/mol. The van der Waals surface area contributed by atoms with Crippen molar-refractivity contribution in [3.05, 3.63) is 12.7 Å². The van der Waals surface area contributed by atoms with Crippen molar-refractivity contribution in [3.8, 4) is 0 Å². The number of methoxy groups -OCH3 is 1. The minimum atomic E-state index is -0.767. The molecule has 0 spiro atoms. The number of hydrogen-bond acceptors (Lipinski definition) is 8. The number of hydrogen-bond donors (Lipinski definition) is 2. The number of rotatable bonds is 4. The zero-order valence-electron chi connectivity index (χ0n) is 12.8. The zero-order valence-corrected chi connectivity index (χ0v) is 12.8. The largest absolute Gasteiger partial charge is 0.382 e. The number of imidazole rings is 1. The second-order valence-corrected chi connectivity index (χ2v) is 5.58. The maximum Gasteiger partial charge on any atom is 0.169 e.